The van der Waals surface area contributed by atoms with Gasteiger partial charge < -0.3 is 10.4 Å². The van der Waals surface area contributed by atoms with Gasteiger partial charge in [-0.2, -0.15) is 0 Å². The van der Waals surface area contributed by atoms with Crippen molar-refractivity contribution in [2.24, 2.45) is 0 Å². The molecule has 2 atom stereocenters. The van der Waals surface area contributed by atoms with Gasteiger partial charge in [0.05, 0.1) is 6.10 Å². The highest BCUT2D eigenvalue weighted by molar-refractivity contribution is 5.26. The maximum Gasteiger partial charge on any atom is 0.0633 e. The number of aliphatic hydroxyl groups is 1. The molecule has 0 bridgehead atoms. The van der Waals surface area contributed by atoms with Crippen molar-refractivity contribution in [2.45, 2.75) is 25.4 Å². The SMILES string of the molecule is Cc1ccc(C2CNCCC2O)cc1. The molecule has 0 aliphatic carbocycles. The second-order valence-electron chi connectivity index (χ2n) is 4.08. The van der Waals surface area contributed by atoms with Crippen LogP contribution in [0.4, 0.5) is 0 Å². The fraction of sp³-hybridized carbons (Fsp3) is 0.500. The lowest BCUT2D eigenvalue weighted by molar-refractivity contribution is 0.114. The van der Waals surface area contributed by atoms with E-state index in [1.54, 1.807) is 0 Å². The molecule has 2 heteroatoms. The highest BCUT2D eigenvalue weighted by Gasteiger charge is 2.23. The molecule has 0 saturated carbocycles. The lowest BCUT2D eigenvalue weighted by atomic mass is 9.89. The normalized spacial score (nSPS) is 27.6. The zero-order valence-corrected chi connectivity index (χ0v) is 8.53. The number of nitrogens with one attached hydrogen (secondary N) is 1. The van der Waals surface area contributed by atoms with Crippen LogP contribution in [0.2, 0.25) is 0 Å². The second-order valence-corrected chi connectivity index (χ2v) is 4.08. The number of piperidine rings is 1. The molecule has 1 aromatic carbocycles. The van der Waals surface area contributed by atoms with E-state index in [2.05, 4.69) is 36.5 Å². The molecule has 14 heavy (non-hydrogen) atoms. The van der Waals surface area contributed by atoms with Crippen molar-refractivity contribution in [1.29, 1.82) is 0 Å². The third-order valence-corrected chi connectivity index (χ3v) is 2.95. The Kier molecular flexibility index (Phi) is 2.85. The number of rotatable bonds is 1. The zero-order valence-electron chi connectivity index (χ0n) is 8.53. The maximum atomic E-state index is 9.85. The summed E-state index contributed by atoms with van der Waals surface area (Å²) in [5.74, 6) is 0.268. The van der Waals surface area contributed by atoms with E-state index < -0.39 is 0 Å². The number of aliphatic hydroxyl groups excluding tert-OH is 1. The Morgan fingerprint density at radius 1 is 1.29 bits per heavy atom. The molecule has 2 unspecified atom stereocenters. The summed E-state index contributed by atoms with van der Waals surface area (Å²) in [6.45, 7) is 3.91. The molecular formula is C12H17NO. The van der Waals surface area contributed by atoms with Crippen molar-refractivity contribution < 1.29 is 5.11 Å². The molecule has 1 heterocycles. The number of hydrogen-bond acceptors (Lipinski definition) is 2. The van der Waals surface area contributed by atoms with E-state index in [1.807, 2.05) is 0 Å². The summed E-state index contributed by atoms with van der Waals surface area (Å²) in [7, 11) is 0. The number of hydrogen-bond donors (Lipinski definition) is 2. The largest absolute Gasteiger partial charge is 0.392 e. The molecule has 76 valence electrons. The molecule has 0 amide bonds. The highest BCUT2D eigenvalue weighted by atomic mass is 16.3. The molecule has 1 aromatic rings. The van der Waals surface area contributed by atoms with Crippen molar-refractivity contribution in [3.8, 4) is 0 Å². The molecule has 2 rings (SSSR count). The standard InChI is InChI=1S/C12H17NO/c1-9-2-4-10(5-3-9)11-8-13-7-6-12(11)14/h2-5,11-14H,6-8H2,1H3. The van der Waals surface area contributed by atoms with E-state index >= 15 is 0 Å². The van der Waals surface area contributed by atoms with Gasteiger partial charge >= 0.3 is 0 Å². The average molecular weight is 191 g/mol. The molecule has 0 radical (unpaired) electrons. The van der Waals surface area contributed by atoms with Gasteiger partial charge in [0.2, 0.25) is 0 Å². The Balaban J connectivity index is 2.16. The summed E-state index contributed by atoms with van der Waals surface area (Å²) in [6.07, 6.45) is 0.678. The van der Waals surface area contributed by atoms with E-state index in [9.17, 15) is 5.11 Å². The van der Waals surface area contributed by atoms with Crippen LogP contribution < -0.4 is 5.32 Å². The van der Waals surface area contributed by atoms with Gasteiger partial charge in [-0.1, -0.05) is 29.8 Å². The van der Waals surface area contributed by atoms with Crippen molar-refractivity contribution in [1.82, 2.24) is 5.32 Å². The topological polar surface area (TPSA) is 32.3 Å². The van der Waals surface area contributed by atoms with Crippen LogP contribution in [-0.4, -0.2) is 24.3 Å². The van der Waals surface area contributed by atoms with Crippen LogP contribution in [0, 0.1) is 6.92 Å². The summed E-state index contributed by atoms with van der Waals surface area (Å²) in [5.41, 5.74) is 2.52. The minimum Gasteiger partial charge on any atom is -0.392 e. The Labute approximate surface area is 85.0 Å². The van der Waals surface area contributed by atoms with E-state index in [-0.39, 0.29) is 12.0 Å². The van der Waals surface area contributed by atoms with E-state index in [0.29, 0.717) is 0 Å². The van der Waals surface area contributed by atoms with Crippen molar-refractivity contribution in [3.63, 3.8) is 0 Å². The van der Waals surface area contributed by atoms with Crippen LogP contribution in [0.3, 0.4) is 0 Å². The van der Waals surface area contributed by atoms with E-state index in [1.165, 1.54) is 11.1 Å². The summed E-state index contributed by atoms with van der Waals surface area (Å²) >= 11 is 0. The van der Waals surface area contributed by atoms with Crippen LogP contribution in [-0.2, 0) is 0 Å². The van der Waals surface area contributed by atoms with Crippen LogP contribution in [0.1, 0.15) is 23.5 Å². The first-order valence-corrected chi connectivity index (χ1v) is 5.23. The van der Waals surface area contributed by atoms with Crippen LogP contribution >= 0.6 is 0 Å². The van der Waals surface area contributed by atoms with Gasteiger partial charge in [-0.15, -0.1) is 0 Å². The third-order valence-electron chi connectivity index (χ3n) is 2.95. The quantitative estimate of drug-likeness (QED) is 0.704. The molecule has 2 N–H and O–H groups in total. The first kappa shape index (κ1) is 9.69. The minimum atomic E-state index is -0.182. The fourth-order valence-electron chi connectivity index (χ4n) is 2.00. The summed E-state index contributed by atoms with van der Waals surface area (Å²) in [5, 5.41) is 13.2. The third kappa shape index (κ3) is 1.97. The summed E-state index contributed by atoms with van der Waals surface area (Å²) in [4.78, 5) is 0. The molecule has 2 nitrogen and oxygen atoms in total. The summed E-state index contributed by atoms with van der Waals surface area (Å²) < 4.78 is 0. The highest BCUT2D eigenvalue weighted by Crippen LogP contribution is 2.23. The van der Waals surface area contributed by atoms with Gasteiger partial charge in [-0.25, -0.2) is 0 Å². The van der Waals surface area contributed by atoms with E-state index in [0.717, 1.165) is 19.5 Å². The summed E-state index contributed by atoms with van der Waals surface area (Å²) in [6, 6.07) is 8.46. The first-order chi connectivity index (χ1) is 6.77. The molecule has 0 aromatic heterocycles. The van der Waals surface area contributed by atoms with Gasteiger partial charge in [-0.05, 0) is 25.5 Å². The first-order valence-electron chi connectivity index (χ1n) is 5.23. The van der Waals surface area contributed by atoms with Crippen LogP contribution in [0.15, 0.2) is 24.3 Å². The minimum absolute atomic E-state index is 0.182. The second kappa shape index (κ2) is 4.11. The Hall–Kier alpha value is -0.860. The Morgan fingerprint density at radius 3 is 2.64 bits per heavy atom. The van der Waals surface area contributed by atoms with Gasteiger partial charge in [0.25, 0.3) is 0 Å². The molecular weight excluding hydrogens is 174 g/mol. The van der Waals surface area contributed by atoms with Crippen molar-refractivity contribution >= 4 is 0 Å². The maximum absolute atomic E-state index is 9.85. The average Bonchev–Trinajstić information content (AvgIpc) is 2.20. The lowest BCUT2D eigenvalue weighted by Gasteiger charge is -2.28. The van der Waals surface area contributed by atoms with Gasteiger partial charge in [0.15, 0.2) is 0 Å². The van der Waals surface area contributed by atoms with Gasteiger partial charge in [0.1, 0.15) is 0 Å². The Bertz CT molecular complexity index is 294. The lowest BCUT2D eigenvalue weighted by Crippen LogP contribution is -2.38. The smallest absolute Gasteiger partial charge is 0.0633 e. The number of aryl methyl sites for hydroxylation is 1. The predicted octanol–water partition coefficient (Wildman–Crippen LogP) is 1.43. The predicted molar refractivity (Wildman–Crippen MR) is 57.4 cm³/mol. The zero-order chi connectivity index (χ0) is 9.97. The van der Waals surface area contributed by atoms with E-state index in [4.69, 9.17) is 0 Å². The Morgan fingerprint density at radius 2 is 2.00 bits per heavy atom. The molecule has 1 aliphatic heterocycles. The van der Waals surface area contributed by atoms with Crippen LogP contribution in [0.25, 0.3) is 0 Å². The molecule has 0 spiro atoms. The molecule has 1 fully saturated rings. The van der Waals surface area contributed by atoms with Gasteiger partial charge in [0, 0.05) is 12.5 Å². The fourth-order valence-corrected chi connectivity index (χ4v) is 2.00. The molecule has 1 aliphatic rings. The monoisotopic (exact) mass is 191 g/mol. The van der Waals surface area contributed by atoms with Crippen molar-refractivity contribution in [2.75, 3.05) is 13.1 Å². The van der Waals surface area contributed by atoms with Crippen LogP contribution in [0.5, 0.6) is 0 Å². The van der Waals surface area contributed by atoms with Crippen molar-refractivity contribution in [3.05, 3.63) is 35.4 Å². The number of benzene rings is 1. The van der Waals surface area contributed by atoms with Gasteiger partial charge in [-0.3, -0.25) is 0 Å². The molecule has 1 saturated heterocycles.